The SMILES string of the molecule is CC(C)NC1CC(C)S(=O)c2cc3c(cc21)OCCO3. The van der Waals surface area contributed by atoms with Crippen molar-refractivity contribution in [2.24, 2.45) is 0 Å². The second-order valence-electron chi connectivity index (χ2n) is 5.75. The molecule has 20 heavy (non-hydrogen) atoms. The van der Waals surface area contributed by atoms with Gasteiger partial charge in [0.15, 0.2) is 11.5 Å². The molecule has 0 aromatic heterocycles. The molecule has 3 atom stereocenters. The molecule has 0 amide bonds. The summed E-state index contributed by atoms with van der Waals surface area (Å²) in [6, 6.07) is 4.53. The topological polar surface area (TPSA) is 47.6 Å². The fraction of sp³-hybridized carbons (Fsp3) is 0.600. The molecular formula is C15H21NO3S. The predicted octanol–water partition coefficient (Wildman–Crippen LogP) is 2.40. The number of ether oxygens (including phenoxy) is 2. The van der Waals surface area contributed by atoms with E-state index in [0.29, 0.717) is 19.3 Å². The average Bonchev–Trinajstić information content (AvgIpc) is 2.42. The van der Waals surface area contributed by atoms with Crippen LogP contribution in [0.25, 0.3) is 0 Å². The lowest BCUT2D eigenvalue weighted by Gasteiger charge is -2.32. The Bertz CT molecular complexity index is 544. The molecule has 0 bridgehead atoms. The molecule has 2 aliphatic rings. The highest BCUT2D eigenvalue weighted by Gasteiger charge is 2.32. The summed E-state index contributed by atoms with van der Waals surface area (Å²) in [6.07, 6.45) is 0.886. The van der Waals surface area contributed by atoms with E-state index < -0.39 is 10.8 Å². The van der Waals surface area contributed by atoms with Crippen molar-refractivity contribution in [2.75, 3.05) is 13.2 Å². The maximum atomic E-state index is 12.5. The third-order valence-electron chi connectivity index (χ3n) is 3.73. The summed E-state index contributed by atoms with van der Waals surface area (Å²) < 4.78 is 23.8. The highest BCUT2D eigenvalue weighted by atomic mass is 32.2. The van der Waals surface area contributed by atoms with Gasteiger partial charge in [-0.2, -0.15) is 0 Å². The van der Waals surface area contributed by atoms with E-state index in [-0.39, 0.29) is 11.3 Å². The van der Waals surface area contributed by atoms with Crippen LogP contribution < -0.4 is 14.8 Å². The van der Waals surface area contributed by atoms with E-state index in [9.17, 15) is 4.21 Å². The Morgan fingerprint density at radius 3 is 2.55 bits per heavy atom. The molecule has 1 aromatic rings. The molecule has 2 heterocycles. The van der Waals surface area contributed by atoms with Crippen LogP contribution in [0.4, 0.5) is 0 Å². The molecule has 0 fully saturated rings. The number of benzene rings is 1. The summed E-state index contributed by atoms with van der Waals surface area (Å²) in [5, 5.41) is 3.72. The minimum atomic E-state index is -0.969. The average molecular weight is 295 g/mol. The molecule has 3 unspecified atom stereocenters. The van der Waals surface area contributed by atoms with Gasteiger partial charge in [0, 0.05) is 28.3 Å². The van der Waals surface area contributed by atoms with Gasteiger partial charge in [-0.3, -0.25) is 4.21 Å². The second-order valence-corrected chi connectivity index (χ2v) is 7.59. The summed E-state index contributed by atoms with van der Waals surface area (Å²) >= 11 is 0. The van der Waals surface area contributed by atoms with Gasteiger partial charge in [-0.05, 0) is 18.1 Å². The molecule has 0 saturated heterocycles. The van der Waals surface area contributed by atoms with E-state index >= 15 is 0 Å². The molecule has 1 N–H and O–H groups in total. The number of hydrogen-bond donors (Lipinski definition) is 1. The van der Waals surface area contributed by atoms with Crippen LogP contribution in [-0.4, -0.2) is 28.7 Å². The largest absolute Gasteiger partial charge is 0.486 e. The van der Waals surface area contributed by atoms with E-state index in [0.717, 1.165) is 28.4 Å². The van der Waals surface area contributed by atoms with Gasteiger partial charge in [0.05, 0.1) is 10.8 Å². The van der Waals surface area contributed by atoms with Crippen LogP contribution >= 0.6 is 0 Å². The predicted molar refractivity (Wildman–Crippen MR) is 78.9 cm³/mol. The Balaban J connectivity index is 2.05. The standard InChI is InChI=1S/C15H21NO3S/c1-9(2)16-12-6-10(3)20(17)15-8-14-13(7-11(12)15)18-4-5-19-14/h7-10,12,16H,4-6H2,1-3H3. The van der Waals surface area contributed by atoms with Gasteiger partial charge in [0.2, 0.25) is 0 Å². The minimum Gasteiger partial charge on any atom is -0.486 e. The Morgan fingerprint density at radius 2 is 1.90 bits per heavy atom. The van der Waals surface area contributed by atoms with E-state index in [1.165, 1.54) is 0 Å². The molecule has 5 heteroatoms. The quantitative estimate of drug-likeness (QED) is 0.910. The first-order valence-electron chi connectivity index (χ1n) is 7.16. The molecule has 0 aliphatic carbocycles. The summed E-state index contributed by atoms with van der Waals surface area (Å²) in [4.78, 5) is 0.895. The maximum Gasteiger partial charge on any atom is 0.162 e. The molecule has 0 spiro atoms. The van der Waals surface area contributed by atoms with Crippen LogP contribution in [0.3, 0.4) is 0 Å². The summed E-state index contributed by atoms with van der Waals surface area (Å²) in [7, 11) is -0.969. The van der Waals surface area contributed by atoms with E-state index in [4.69, 9.17) is 9.47 Å². The Morgan fingerprint density at radius 1 is 1.25 bits per heavy atom. The molecule has 0 radical (unpaired) electrons. The summed E-state index contributed by atoms with van der Waals surface area (Å²) in [6.45, 7) is 7.45. The van der Waals surface area contributed by atoms with E-state index in [2.05, 4.69) is 19.2 Å². The van der Waals surface area contributed by atoms with E-state index in [1.54, 1.807) is 0 Å². The van der Waals surface area contributed by atoms with Crippen molar-refractivity contribution in [2.45, 2.75) is 49.4 Å². The van der Waals surface area contributed by atoms with Crippen molar-refractivity contribution in [3.63, 3.8) is 0 Å². The molecule has 1 aromatic carbocycles. The fourth-order valence-corrected chi connectivity index (χ4v) is 4.31. The molecular weight excluding hydrogens is 274 g/mol. The maximum absolute atomic E-state index is 12.5. The van der Waals surface area contributed by atoms with Crippen molar-refractivity contribution < 1.29 is 13.7 Å². The van der Waals surface area contributed by atoms with Crippen LogP contribution in [0.5, 0.6) is 11.5 Å². The zero-order valence-corrected chi connectivity index (χ0v) is 13.0. The lowest BCUT2D eigenvalue weighted by molar-refractivity contribution is 0.170. The van der Waals surface area contributed by atoms with Gasteiger partial charge in [-0.25, -0.2) is 0 Å². The Labute approximate surface area is 122 Å². The number of nitrogens with one attached hydrogen (secondary N) is 1. The zero-order valence-electron chi connectivity index (χ0n) is 12.1. The minimum absolute atomic E-state index is 0.154. The highest BCUT2D eigenvalue weighted by Crippen LogP contribution is 2.41. The third-order valence-corrected chi connectivity index (χ3v) is 5.44. The van der Waals surface area contributed by atoms with Crippen LogP contribution in [0.2, 0.25) is 0 Å². The normalized spacial score (nSPS) is 28.3. The lowest BCUT2D eigenvalue weighted by Crippen LogP contribution is -2.35. The third kappa shape index (κ3) is 2.44. The van der Waals surface area contributed by atoms with Crippen LogP contribution in [0.15, 0.2) is 17.0 Å². The van der Waals surface area contributed by atoms with Gasteiger partial charge in [0.25, 0.3) is 0 Å². The first-order chi connectivity index (χ1) is 9.56. The second kappa shape index (κ2) is 5.37. The highest BCUT2D eigenvalue weighted by molar-refractivity contribution is 7.85. The van der Waals surface area contributed by atoms with Gasteiger partial charge < -0.3 is 14.8 Å². The Hall–Kier alpha value is -1.07. The van der Waals surface area contributed by atoms with Crippen LogP contribution in [-0.2, 0) is 10.8 Å². The number of rotatable bonds is 2. The smallest absolute Gasteiger partial charge is 0.162 e. The zero-order chi connectivity index (χ0) is 14.3. The van der Waals surface area contributed by atoms with Gasteiger partial charge >= 0.3 is 0 Å². The van der Waals surface area contributed by atoms with Crippen molar-refractivity contribution in [3.8, 4) is 11.5 Å². The van der Waals surface area contributed by atoms with Crippen molar-refractivity contribution in [1.82, 2.24) is 5.32 Å². The van der Waals surface area contributed by atoms with Gasteiger partial charge in [-0.1, -0.05) is 20.8 Å². The summed E-state index contributed by atoms with van der Waals surface area (Å²) in [5.41, 5.74) is 1.10. The lowest BCUT2D eigenvalue weighted by atomic mass is 9.99. The molecule has 4 nitrogen and oxygen atoms in total. The monoisotopic (exact) mass is 295 g/mol. The van der Waals surface area contributed by atoms with Crippen LogP contribution in [0, 0.1) is 0 Å². The Kier molecular flexibility index (Phi) is 3.73. The number of hydrogen-bond acceptors (Lipinski definition) is 4. The first kappa shape index (κ1) is 13.9. The molecule has 2 aliphatic heterocycles. The van der Waals surface area contributed by atoms with Crippen LogP contribution in [0.1, 0.15) is 38.8 Å². The molecule has 110 valence electrons. The van der Waals surface area contributed by atoms with E-state index in [1.807, 2.05) is 19.1 Å². The van der Waals surface area contributed by atoms with Gasteiger partial charge in [-0.15, -0.1) is 0 Å². The van der Waals surface area contributed by atoms with Crippen molar-refractivity contribution in [3.05, 3.63) is 17.7 Å². The molecule has 3 rings (SSSR count). The number of fused-ring (bicyclic) bond motifs is 2. The summed E-state index contributed by atoms with van der Waals surface area (Å²) in [5.74, 6) is 1.50. The van der Waals surface area contributed by atoms with Crippen molar-refractivity contribution >= 4 is 10.8 Å². The molecule has 0 saturated carbocycles. The van der Waals surface area contributed by atoms with Crippen molar-refractivity contribution in [1.29, 1.82) is 0 Å². The first-order valence-corrected chi connectivity index (χ1v) is 8.37. The van der Waals surface area contributed by atoms with Gasteiger partial charge in [0.1, 0.15) is 13.2 Å². The fourth-order valence-electron chi connectivity index (χ4n) is 2.86.